The number of nitrogens with zero attached hydrogens (tertiary/aromatic N) is 2. The van der Waals surface area contributed by atoms with E-state index in [9.17, 15) is 23.5 Å². The number of amides is 1. The Morgan fingerprint density at radius 3 is 2.69 bits per heavy atom. The summed E-state index contributed by atoms with van der Waals surface area (Å²) in [6.45, 7) is 1.84. The summed E-state index contributed by atoms with van der Waals surface area (Å²) in [5.74, 6) is -2.99. The number of hydrogen-bond acceptors (Lipinski definition) is 6. The molecule has 0 fully saturated rings. The van der Waals surface area contributed by atoms with Crippen LogP contribution in [0.2, 0.25) is 0 Å². The number of halogens is 2. The van der Waals surface area contributed by atoms with Crippen LogP contribution in [0.4, 0.5) is 8.78 Å². The van der Waals surface area contributed by atoms with Crippen molar-refractivity contribution in [2.24, 2.45) is 10.8 Å². The van der Waals surface area contributed by atoms with Crippen molar-refractivity contribution in [1.29, 1.82) is 0 Å². The van der Waals surface area contributed by atoms with Crippen molar-refractivity contribution in [2.75, 3.05) is 13.7 Å². The lowest BCUT2D eigenvalue weighted by molar-refractivity contribution is -0.144. The fourth-order valence-electron chi connectivity index (χ4n) is 3.39. The topological polar surface area (TPSA) is 105 Å². The number of methoxy groups -OCH3 is 1. The van der Waals surface area contributed by atoms with Crippen LogP contribution >= 0.6 is 11.8 Å². The van der Waals surface area contributed by atoms with Gasteiger partial charge in [-0.25, -0.2) is 18.6 Å². The molecule has 1 aliphatic rings. The number of carboxylic acid groups (broad SMARTS) is 1. The first-order valence-corrected chi connectivity index (χ1v) is 10.7. The Balaban J connectivity index is 2.21. The van der Waals surface area contributed by atoms with Crippen LogP contribution in [0.25, 0.3) is 0 Å². The molecule has 0 spiro atoms. The van der Waals surface area contributed by atoms with Gasteiger partial charge in [-0.15, -0.1) is 0 Å². The maximum absolute atomic E-state index is 14.6. The predicted molar refractivity (Wildman–Crippen MR) is 117 cm³/mol. The maximum Gasteiger partial charge on any atom is 0.335 e. The van der Waals surface area contributed by atoms with E-state index in [1.165, 1.54) is 24.3 Å². The first-order chi connectivity index (χ1) is 15.2. The largest absolute Gasteiger partial charge is 0.478 e. The second-order valence-electron chi connectivity index (χ2n) is 7.22. The lowest BCUT2D eigenvalue weighted by Gasteiger charge is -2.37. The Bertz CT molecular complexity index is 1070. The summed E-state index contributed by atoms with van der Waals surface area (Å²) in [5, 5.41) is 15.1. The molecule has 2 unspecified atom stereocenters. The molecule has 10 heteroatoms. The van der Waals surface area contributed by atoms with E-state index in [0.717, 1.165) is 30.0 Å². The van der Waals surface area contributed by atoms with E-state index in [1.54, 1.807) is 19.1 Å². The molecule has 1 heterocycles. The number of aromatic carboxylic acids is 1. The molecule has 1 amide bonds. The average molecular weight is 464 g/mol. The van der Waals surface area contributed by atoms with Gasteiger partial charge in [-0.3, -0.25) is 4.79 Å². The minimum atomic E-state index is -1.22. The van der Waals surface area contributed by atoms with Gasteiger partial charge in [-0.1, -0.05) is 23.9 Å². The first kappa shape index (κ1) is 23.8. The zero-order valence-electron chi connectivity index (χ0n) is 17.5. The smallest absolute Gasteiger partial charge is 0.335 e. The van der Waals surface area contributed by atoms with Gasteiger partial charge in [-0.05, 0) is 62.2 Å². The molecular weight excluding hydrogens is 440 g/mol. The highest BCUT2D eigenvalue weighted by molar-refractivity contribution is 8.15. The quantitative estimate of drug-likeness (QED) is 0.621. The van der Waals surface area contributed by atoms with Crippen LogP contribution in [-0.2, 0) is 14.4 Å². The molecule has 7 nitrogen and oxygen atoms in total. The second kappa shape index (κ2) is 9.76. The van der Waals surface area contributed by atoms with E-state index in [2.05, 4.69) is 5.10 Å². The van der Waals surface area contributed by atoms with Gasteiger partial charge in [-0.2, -0.15) is 5.10 Å². The van der Waals surface area contributed by atoms with Crippen LogP contribution in [0.3, 0.4) is 0 Å². The molecule has 2 aromatic carbocycles. The third-order valence-electron chi connectivity index (χ3n) is 5.15. The summed E-state index contributed by atoms with van der Waals surface area (Å²) in [6.07, 6.45) is -0.122. The lowest BCUT2D eigenvalue weighted by atomic mass is 9.97. The van der Waals surface area contributed by atoms with Crippen molar-refractivity contribution in [1.82, 2.24) is 5.01 Å². The average Bonchev–Trinajstić information content (AvgIpc) is 3.18. The SMILES string of the molecule is COC(C)C(=O)N1N=C(c2cc(F)ccc2F)SC1(CCCN)c1cccc(C(=O)O)c1. The number of rotatable bonds is 8. The molecule has 0 aliphatic carbocycles. The van der Waals surface area contributed by atoms with Gasteiger partial charge in [0.2, 0.25) is 0 Å². The maximum atomic E-state index is 14.6. The van der Waals surface area contributed by atoms with Gasteiger partial charge in [0.05, 0.1) is 5.56 Å². The minimum absolute atomic E-state index is 0.0211. The molecule has 0 saturated heterocycles. The van der Waals surface area contributed by atoms with Crippen LogP contribution < -0.4 is 5.73 Å². The zero-order chi connectivity index (χ0) is 23.5. The Labute approximate surface area is 188 Å². The standard InChI is InChI=1S/C22H23F2N3O4S/c1-13(31-2)20(28)27-22(9-4-10-25,15-6-3-5-14(11-15)21(29)30)32-19(26-27)17-12-16(23)7-8-18(17)24/h3,5-8,11-13H,4,9-10,25H2,1-2H3,(H,29,30). The fourth-order valence-corrected chi connectivity index (χ4v) is 4.80. The first-order valence-electron chi connectivity index (χ1n) is 9.87. The van der Waals surface area contributed by atoms with Gasteiger partial charge < -0.3 is 15.6 Å². The molecule has 2 aromatic rings. The van der Waals surface area contributed by atoms with E-state index in [4.69, 9.17) is 10.5 Å². The molecule has 0 bridgehead atoms. The van der Waals surface area contributed by atoms with Gasteiger partial charge in [0, 0.05) is 12.7 Å². The van der Waals surface area contributed by atoms with Crippen LogP contribution in [-0.4, -0.2) is 46.8 Å². The highest BCUT2D eigenvalue weighted by Gasteiger charge is 2.49. The van der Waals surface area contributed by atoms with Crippen molar-refractivity contribution >= 4 is 28.7 Å². The highest BCUT2D eigenvalue weighted by atomic mass is 32.2. The predicted octanol–water partition coefficient (Wildman–Crippen LogP) is 3.53. The summed E-state index contributed by atoms with van der Waals surface area (Å²) in [5.41, 5.74) is 6.14. The van der Waals surface area contributed by atoms with E-state index in [-0.39, 0.29) is 16.2 Å². The van der Waals surface area contributed by atoms with Gasteiger partial charge >= 0.3 is 5.97 Å². The number of benzene rings is 2. The monoisotopic (exact) mass is 463 g/mol. The summed E-state index contributed by atoms with van der Waals surface area (Å²) < 4.78 is 33.6. The van der Waals surface area contributed by atoms with Crippen molar-refractivity contribution in [3.05, 3.63) is 70.8 Å². The summed E-state index contributed by atoms with van der Waals surface area (Å²) in [6, 6.07) is 9.11. The Hall–Kier alpha value is -2.82. The number of carbonyl (C=O) groups excluding carboxylic acids is 1. The molecule has 32 heavy (non-hydrogen) atoms. The molecular formula is C22H23F2N3O4S. The van der Waals surface area contributed by atoms with Gasteiger partial charge in [0.25, 0.3) is 5.91 Å². The van der Waals surface area contributed by atoms with Crippen molar-refractivity contribution in [3.63, 3.8) is 0 Å². The van der Waals surface area contributed by atoms with Crippen LogP contribution in [0.1, 0.15) is 41.3 Å². The number of thioether (sulfide) groups is 1. The van der Waals surface area contributed by atoms with Crippen LogP contribution in [0, 0.1) is 11.6 Å². The number of hydrogen-bond donors (Lipinski definition) is 2. The number of carbonyl (C=O) groups is 2. The summed E-state index contributed by atoms with van der Waals surface area (Å²) in [4.78, 5) is 23.6. The Morgan fingerprint density at radius 2 is 2.03 bits per heavy atom. The number of ether oxygens (including phenoxy) is 1. The van der Waals surface area contributed by atoms with Crippen LogP contribution in [0.15, 0.2) is 47.6 Å². The number of carboxylic acids is 1. The molecule has 0 saturated carbocycles. The molecule has 1 aliphatic heterocycles. The molecule has 3 rings (SSSR count). The summed E-state index contributed by atoms with van der Waals surface area (Å²) >= 11 is 1.06. The van der Waals surface area contributed by atoms with Crippen LogP contribution in [0.5, 0.6) is 0 Å². The minimum Gasteiger partial charge on any atom is -0.478 e. The second-order valence-corrected chi connectivity index (χ2v) is 8.49. The van der Waals surface area contributed by atoms with Crippen molar-refractivity contribution in [2.45, 2.75) is 30.7 Å². The van der Waals surface area contributed by atoms with Crippen molar-refractivity contribution in [3.8, 4) is 0 Å². The molecule has 0 aromatic heterocycles. The van der Waals surface area contributed by atoms with E-state index >= 15 is 0 Å². The molecule has 2 atom stereocenters. The fraction of sp³-hybridized carbons (Fsp3) is 0.318. The third kappa shape index (κ3) is 4.52. The lowest BCUT2D eigenvalue weighted by Crippen LogP contribution is -2.46. The zero-order valence-corrected chi connectivity index (χ0v) is 18.4. The Kier molecular flexibility index (Phi) is 7.27. The van der Waals surface area contributed by atoms with Crippen molar-refractivity contribution < 1.29 is 28.2 Å². The van der Waals surface area contributed by atoms with E-state index in [0.29, 0.717) is 24.9 Å². The highest BCUT2D eigenvalue weighted by Crippen LogP contribution is 2.51. The normalized spacial score (nSPS) is 19.0. The third-order valence-corrected chi connectivity index (χ3v) is 6.59. The number of hydrazone groups is 1. The van der Waals surface area contributed by atoms with E-state index < -0.39 is 34.5 Å². The Morgan fingerprint density at radius 1 is 1.28 bits per heavy atom. The molecule has 0 radical (unpaired) electrons. The molecule has 170 valence electrons. The summed E-state index contributed by atoms with van der Waals surface area (Å²) in [7, 11) is 1.37. The van der Waals surface area contributed by atoms with Gasteiger partial charge in [0.15, 0.2) is 0 Å². The van der Waals surface area contributed by atoms with E-state index in [1.807, 2.05) is 0 Å². The molecule has 3 N–H and O–H groups in total. The van der Waals surface area contributed by atoms with Gasteiger partial charge in [0.1, 0.15) is 27.7 Å². The number of nitrogens with two attached hydrogens (primary N) is 1.